The molecule has 0 unspecified atom stereocenters. The molecule has 4 saturated carbocycles. The Balaban J connectivity index is 1.63. The van der Waals surface area contributed by atoms with Crippen LogP contribution in [0.15, 0.2) is 12.3 Å². The van der Waals surface area contributed by atoms with E-state index in [0.717, 1.165) is 24.2 Å². The maximum absolute atomic E-state index is 11.6. The van der Waals surface area contributed by atoms with Crippen molar-refractivity contribution < 1.29 is 9.53 Å². The molecule has 1 saturated heterocycles. The largest absolute Gasteiger partial charge is 0.415 e. The molecular weight excluding hydrogens is 226 g/mol. The molecule has 5 fully saturated rings. The second-order valence-electron chi connectivity index (χ2n) is 7.11. The zero-order chi connectivity index (χ0) is 12.3. The van der Waals surface area contributed by atoms with Gasteiger partial charge >= 0.3 is 6.09 Å². The van der Waals surface area contributed by atoms with Crippen LogP contribution in [-0.4, -0.2) is 12.1 Å². The van der Waals surface area contributed by atoms with Gasteiger partial charge < -0.3 is 10.1 Å². The molecule has 0 aromatic carbocycles. The Morgan fingerprint density at radius 3 is 2.17 bits per heavy atom. The van der Waals surface area contributed by atoms with Crippen molar-refractivity contribution in [2.24, 2.45) is 23.2 Å². The van der Waals surface area contributed by atoms with Crippen LogP contribution < -0.4 is 5.32 Å². The average molecular weight is 247 g/mol. The van der Waals surface area contributed by atoms with Gasteiger partial charge in [0.2, 0.25) is 0 Å². The fraction of sp³-hybridized carbons (Fsp3) is 0.800. The third-order valence-electron chi connectivity index (χ3n) is 5.79. The standard InChI is InChI=1S/C15H21NO2/c1-9-2-13(16-14(17)18-9)15-6-10-3-11(7-15)5-12(4-10)8-15/h10-13H,1-8H2,(H,16,17)/t10?,11?,12?,13-,15?/m0/s1. The molecule has 0 radical (unpaired) electrons. The van der Waals surface area contributed by atoms with E-state index in [4.69, 9.17) is 4.74 Å². The van der Waals surface area contributed by atoms with Crippen molar-refractivity contribution in [3.8, 4) is 0 Å². The Kier molecular flexibility index (Phi) is 2.13. The SMILES string of the molecule is C=C1C[C@@H](C23CC4CC(CC(C4)C2)C3)NC(=O)O1. The number of hydrogen-bond acceptors (Lipinski definition) is 2. The molecule has 0 spiro atoms. The summed E-state index contributed by atoms with van der Waals surface area (Å²) in [5.74, 6) is 3.41. The molecule has 4 aliphatic carbocycles. The smallest absolute Gasteiger partial charge is 0.412 e. The second kappa shape index (κ2) is 3.52. The number of hydrogen-bond donors (Lipinski definition) is 1. The van der Waals surface area contributed by atoms with Gasteiger partial charge in [0.15, 0.2) is 0 Å². The average Bonchev–Trinajstić information content (AvgIpc) is 2.25. The number of carbonyl (C=O) groups is 1. The second-order valence-corrected chi connectivity index (χ2v) is 7.11. The molecule has 0 aromatic rings. The van der Waals surface area contributed by atoms with Crippen molar-refractivity contribution in [2.75, 3.05) is 0 Å². The summed E-state index contributed by atoms with van der Waals surface area (Å²) < 4.78 is 5.04. The number of rotatable bonds is 1. The Bertz CT molecular complexity index is 363. The van der Waals surface area contributed by atoms with E-state index in [9.17, 15) is 4.79 Å². The van der Waals surface area contributed by atoms with Gasteiger partial charge in [0.1, 0.15) is 5.76 Å². The highest BCUT2D eigenvalue weighted by Crippen LogP contribution is 2.62. The molecule has 1 amide bonds. The Morgan fingerprint density at radius 1 is 1.11 bits per heavy atom. The first-order valence-corrected chi connectivity index (χ1v) is 7.29. The molecule has 18 heavy (non-hydrogen) atoms. The first-order chi connectivity index (χ1) is 8.63. The van der Waals surface area contributed by atoms with Crippen molar-refractivity contribution in [2.45, 2.75) is 51.0 Å². The molecule has 1 heterocycles. The van der Waals surface area contributed by atoms with E-state index in [2.05, 4.69) is 11.9 Å². The van der Waals surface area contributed by atoms with E-state index in [1.54, 1.807) is 0 Å². The lowest BCUT2D eigenvalue weighted by Crippen LogP contribution is -2.58. The summed E-state index contributed by atoms with van der Waals surface area (Å²) >= 11 is 0. The molecule has 5 aliphatic rings. The normalized spacial score (nSPS) is 50.0. The predicted octanol–water partition coefficient (Wildman–Crippen LogP) is 3.22. The van der Waals surface area contributed by atoms with Crippen LogP contribution in [0.3, 0.4) is 0 Å². The molecule has 1 N–H and O–H groups in total. The van der Waals surface area contributed by atoms with Crippen molar-refractivity contribution in [3.05, 3.63) is 12.3 Å². The van der Waals surface area contributed by atoms with Gasteiger partial charge in [-0.1, -0.05) is 6.58 Å². The predicted molar refractivity (Wildman–Crippen MR) is 67.8 cm³/mol. The van der Waals surface area contributed by atoms with Crippen LogP contribution in [0.5, 0.6) is 0 Å². The highest BCUT2D eigenvalue weighted by molar-refractivity contribution is 5.70. The van der Waals surface area contributed by atoms with E-state index in [-0.39, 0.29) is 12.1 Å². The van der Waals surface area contributed by atoms with Crippen LogP contribution >= 0.6 is 0 Å². The van der Waals surface area contributed by atoms with Gasteiger partial charge in [0, 0.05) is 12.5 Å². The molecule has 98 valence electrons. The van der Waals surface area contributed by atoms with Crippen molar-refractivity contribution >= 4 is 6.09 Å². The highest BCUT2D eigenvalue weighted by Gasteiger charge is 2.55. The lowest BCUT2D eigenvalue weighted by Gasteiger charge is -2.59. The van der Waals surface area contributed by atoms with Gasteiger partial charge in [0.05, 0.1) is 0 Å². The van der Waals surface area contributed by atoms with Gasteiger partial charge in [-0.3, -0.25) is 0 Å². The van der Waals surface area contributed by atoms with E-state index in [1.807, 2.05) is 0 Å². The van der Waals surface area contributed by atoms with E-state index >= 15 is 0 Å². The van der Waals surface area contributed by atoms with Crippen molar-refractivity contribution in [3.63, 3.8) is 0 Å². The van der Waals surface area contributed by atoms with Crippen molar-refractivity contribution in [1.29, 1.82) is 0 Å². The molecule has 3 heteroatoms. The zero-order valence-electron chi connectivity index (χ0n) is 10.8. The van der Waals surface area contributed by atoms with Gasteiger partial charge in [0.25, 0.3) is 0 Å². The fourth-order valence-corrected chi connectivity index (χ4v) is 5.60. The van der Waals surface area contributed by atoms with Crippen LogP contribution in [0.4, 0.5) is 4.79 Å². The first-order valence-electron chi connectivity index (χ1n) is 7.29. The van der Waals surface area contributed by atoms with Gasteiger partial charge in [-0.05, 0) is 61.7 Å². The number of nitrogens with one attached hydrogen (secondary N) is 1. The minimum absolute atomic E-state index is 0.277. The summed E-state index contributed by atoms with van der Waals surface area (Å²) in [6.07, 6.45) is 8.81. The maximum atomic E-state index is 11.6. The van der Waals surface area contributed by atoms with Crippen molar-refractivity contribution in [1.82, 2.24) is 5.32 Å². The Morgan fingerprint density at radius 2 is 1.67 bits per heavy atom. The summed E-state index contributed by atoms with van der Waals surface area (Å²) in [6, 6.07) is 0.277. The van der Waals surface area contributed by atoms with Crippen LogP contribution in [0.1, 0.15) is 44.9 Å². The molecular formula is C15H21NO2. The minimum Gasteiger partial charge on any atom is -0.415 e. The minimum atomic E-state index is -0.285. The van der Waals surface area contributed by atoms with Gasteiger partial charge in [-0.2, -0.15) is 0 Å². The molecule has 5 rings (SSSR count). The van der Waals surface area contributed by atoms with E-state index in [1.165, 1.54) is 38.5 Å². The number of carbonyl (C=O) groups excluding carboxylic acids is 1. The quantitative estimate of drug-likeness (QED) is 0.772. The first kappa shape index (κ1) is 10.9. The molecule has 4 bridgehead atoms. The molecule has 3 nitrogen and oxygen atoms in total. The fourth-order valence-electron chi connectivity index (χ4n) is 5.60. The molecule has 1 aliphatic heterocycles. The molecule has 0 aromatic heterocycles. The summed E-state index contributed by atoms with van der Waals surface area (Å²) in [5.41, 5.74) is 0.358. The number of alkyl carbamates (subject to hydrolysis) is 1. The zero-order valence-corrected chi connectivity index (χ0v) is 10.8. The maximum Gasteiger partial charge on any atom is 0.412 e. The van der Waals surface area contributed by atoms with Crippen LogP contribution in [0.25, 0.3) is 0 Å². The monoisotopic (exact) mass is 247 g/mol. The van der Waals surface area contributed by atoms with Gasteiger partial charge in [-0.15, -0.1) is 0 Å². The third-order valence-corrected chi connectivity index (χ3v) is 5.79. The topological polar surface area (TPSA) is 38.3 Å². The Hall–Kier alpha value is -0.990. The number of amides is 1. The number of cyclic esters (lactones) is 1. The Labute approximate surface area is 108 Å². The van der Waals surface area contributed by atoms with E-state index < -0.39 is 0 Å². The van der Waals surface area contributed by atoms with Crippen LogP contribution in [-0.2, 0) is 4.74 Å². The lowest BCUT2D eigenvalue weighted by atomic mass is 9.47. The summed E-state index contributed by atoms with van der Waals surface area (Å²) in [5, 5.41) is 3.08. The summed E-state index contributed by atoms with van der Waals surface area (Å²) in [6.45, 7) is 3.86. The van der Waals surface area contributed by atoms with E-state index in [0.29, 0.717) is 11.2 Å². The van der Waals surface area contributed by atoms with Crippen LogP contribution in [0.2, 0.25) is 0 Å². The van der Waals surface area contributed by atoms with Gasteiger partial charge in [-0.25, -0.2) is 4.79 Å². The summed E-state index contributed by atoms with van der Waals surface area (Å²) in [4.78, 5) is 11.6. The highest BCUT2D eigenvalue weighted by atomic mass is 16.6. The lowest BCUT2D eigenvalue weighted by molar-refractivity contribution is -0.0773. The summed E-state index contributed by atoms with van der Waals surface area (Å²) in [7, 11) is 0. The number of ether oxygens (including phenoxy) is 1. The van der Waals surface area contributed by atoms with Crippen LogP contribution in [0, 0.1) is 23.2 Å². The third kappa shape index (κ3) is 1.52. The molecule has 1 atom stereocenters.